The van der Waals surface area contributed by atoms with Gasteiger partial charge < -0.3 is 10.1 Å². The van der Waals surface area contributed by atoms with Crippen molar-refractivity contribution in [3.8, 4) is 5.75 Å². The zero-order valence-corrected chi connectivity index (χ0v) is 17.4. The highest BCUT2D eigenvalue weighted by Crippen LogP contribution is 2.28. The maximum atomic E-state index is 13.3. The van der Waals surface area contributed by atoms with Crippen molar-refractivity contribution in [3.63, 3.8) is 0 Å². The normalized spacial score (nSPS) is 15.8. The number of hydrogen-bond acceptors (Lipinski definition) is 5. The van der Waals surface area contributed by atoms with E-state index in [2.05, 4.69) is 10.3 Å². The van der Waals surface area contributed by atoms with Crippen molar-refractivity contribution < 1.29 is 17.9 Å². The fourth-order valence-electron chi connectivity index (χ4n) is 3.68. The molecule has 2 heterocycles. The second-order valence-electron chi connectivity index (χ2n) is 7.15. The SMILES string of the molecule is CNC(=O)c1cc(OC2CCN(S(=O)(=O)c3cccc4ccccc34)CC2)ccn1. The molecule has 0 saturated carbocycles. The van der Waals surface area contributed by atoms with Gasteiger partial charge in [-0.2, -0.15) is 4.31 Å². The lowest BCUT2D eigenvalue weighted by molar-refractivity contribution is 0.0955. The molecule has 0 aliphatic carbocycles. The summed E-state index contributed by atoms with van der Waals surface area (Å²) in [5.41, 5.74) is 0.283. The van der Waals surface area contributed by atoms with Crippen LogP contribution in [-0.2, 0) is 10.0 Å². The van der Waals surface area contributed by atoms with E-state index in [0.717, 1.165) is 10.8 Å². The first kappa shape index (κ1) is 20.3. The molecule has 0 unspecified atom stereocenters. The molecule has 3 aromatic rings. The van der Waals surface area contributed by atoms with Crippen molar-refractivity contribution in [2.45, 2.75) is 23.8 Å². The number of sulfonamides is 1. The summed E-state index contributed by atoms with van der Waals surface area (Å²) in [5, 5.41) is 4.17. The number of ether oxygens (including phenoxy) is 1. The number of amides is 1. The molecule has 1 aliphatic rings. The quantitative estimate of drug-likeness (QED) is 0.679. The van der Waals surface area contributed by atoms with Gasteiger partial charge in [-0.25, -0.2) is 8.42 Å². The summed E-state index contributed by atoms with van der Waals surface area (Å²) in [6.07, 6.45) is 2.55. The summed E-state index contributed by atoms with van der Waals surface area (Å²) in [4.78, 5) is 16.1. The van der Waals surface area contributed by atoms with Gasteiger partial charge in [-0.15, -0.1) is 0 Å². The van der Waals surface area contributed by atoms with Crippen LogP contribution in [0.1, 0.15) is 23.3 Å². The first-order valence-electron chi connectivity index (χ1n) is 9.82. The maximum absolute atomic E-state index is 13.3. The minimum absolute atomic E-state index is 0.121. The van der Waals surface area contributed by atoms with Crippen LogP contribution in [0.5, 0.6) is 5.75 Å². The molecular formula is C22H23N3O4S. The van der Waals surface area contributed by atoms with Crippen LogP contribution in [0.4, 0.5) is 0 Å². The fourth-order valence-corrected chi connectivity index (χ4v) is 5.36. The van der Waals surface area contributed by atoms with Crippen LogP contribution in [0.2, 0.25) is 0 Å². The molecule has 0 radical (unpaired) electrons. The number of fused-ring (bicyclic) bond motifs is 1. The minimum Gasteiger partial charge on any atom is -0.490 e. The summed E-state index contributed by atoms with van der Waals surface area (Å²) in [6.45, 7) is 0.757. The Bertz CT molecular complexity index is 1170. The number of nitrogens with zero attached hydrogens (tertiary/aromatic N) is 2. The number of piperidine rings is 1. The van der Waals surface area contributed by atoms with E-state index >= 15 is 0 Å². The molecule has 30 heavy (non-hydrogen) atoms. The molecule has 1 saturated heterocycles. The molecule has 0 spiro atoms. The van der Waals surface area contributed by atoms with E-state index in [1.54, 1.807) is 31.3 Å². The van der Waals surface area contributed by atoms with Gasteiger partial charge in [0.15, 0.2) is 0 Å². The largest absolute Gasteiger partial charge is 0.490 e. The van der Waals surface area contributed by atoms with Gasteiger partial charge in [-0.1, -0.05) is 36.4 Å². The first-order valence-corrected chi connectivity index (χ1v) is 11.3. The zero-order valence-electron chi connectivity index (χ0n) is 16.6. The van der Waals surface area contributed by atoms with Gasteiger partial charge in [0.05, 0.1) is 4.90 Å². The maximum Gasteiger partial charge on any atom is 0.269 e. The van der Waals surface area contributed by atoms with Crippen molar-refractivity contribution in [1.82, 2.24) is 14.6 Å². The average Bonchev–Trinajstić information content (AvgIpc) is 2.78. The topological polar surface area (TPSA) is 88.6 Å². The van der Waals surface area contributed by atoms with E-state index in [9.17, 15) is 13.2 Å². The summed E-state index contributed by atoms with van der Waals surface area (Å²) in [7, 11) is -2.05. The average molecular weight is 426 g/mol. The number of nitrogens with one attached hydrogen (secondary N) is 1. The van der Waals surface area contributed by atoms with Crippen LogP contribution in [0.15, 0.2) is 65.7 Å². The monoisotopic (exact) mass is 425 g/mol. The molecule has 2 aromatic carbocycles. The number of carbonyl (C=O) groups is 1. The number of aromatic nitrogens is 1. The third kappa shape index (κ3) is 4.01. The Morgan fingerprint density at radius 2 is 1.83 bits per heavy atom. The summed E-state index contributed by atoms with van der Waals surface area (Å²) < 4.78 is 34.0. The molecule has 0 atom stereocenters. The Labute approximate surface area is 175 Å². The number of rotatable bonds is 5. The Morgan fingerprint density at radius 1 is 1.10 bits per heavy atom. The molecule has 1 fully saturated rings. The first-order chi connectivity index (χ1) is 14.5. The third-order valence-corrected chi connectivity index (χ3v) is 7.22. The van der Waals surface area contributed by atoms with Crippen molar-refractivity contribution >= 4 is 26.7 Å². The second-order valence-corrected chi connectivity index (χ2v) is 9.06. The van der Waals surface area contributed by atoms with Gasteiger partial charge in [0.25, 0.3) is 5.91 Å². The van der Waals surface area contributed by atoms with E-state index < -0.39 is 10.0 Å². The number of hydrogen-bond donors (Lipinski definition) is 1. The van der Waals surface area contributed by atoms with Crippen molar-refractivity contribution in [2.75, 3.05) is 20.1 Å². The minimum atomic E-state index is -3.59. The Morgan fingerprint density at radius 3 is 2.60 bits per heavy atom. The van der Waals surface area contributed by atoms with Crippen molar-refractivity contribution in [3.05, 3.63) is 66.5 Å². The van der Waals surface area contributed by atoms with E-state index in [1.807, 2.05) is 30.3 Å². The molecule has 4 rings (SSSR count). The van der Waals surface area contributed by atoms with Gasteiger partial charge in [0, 0.05) is 37.8 Å². The van der Waals surface area contributed by atoms with E-state index in [1.165, 1.54) is 10.5 Å². The lowest BCUT2D eigenvalue weighted by Crippen LogP contribution is -2.41. The smallest absolute Gasteiger partial charge is 0.269 e. The lowest BCUT2D eigenvalue weighted by Gasteiger charge is -2.31. The van der Waals surface area contributed by atoms with Crippen LogP contribution in [-0.4, -0.2) is 49.9 Å². The molecule has 1 amide bonds. The van der Waals surface area contributed by atoms with Crippen LogP contribution < -0.4 is 10.1 Å². The third-order valence-electron chi connectivity index (χ3n) is 5.26. The van der Waals surface area contributed by atoms with Crippen LogP contribution >= 0.6 is 0 Å². The predicted molar refractivity (Wildman–Crippen MR) is 114 cm³/mol. The molecule has 0 bridgehead atoms. The molecule has 1 N–H and O–H groups in total. The highest BCUT2D eigenvalue weighted by atomic mass is 32.2. The Kier molecular flexibility index (Phi) is 5.69. The van der Waals surface area contributed by atoms with Gasteiger partial charge in [0.1, 0.15) is 17.5 Å². The van der Waals surface area contributed by atoms with Crippen LogP contribution in [0.25, 0.3) is 10.8 Å². The summed E-state index contributed by atoms with van der Waals surface area (Å²) >= 11 is 0. The highest BCUT2D eigenvalue weighted by molar-refractivity contribution is 7.89. The second kappa shape index (κ2) is 8.41. The van der Waals surface area contributed by atoms with Crippen LogP contribution in [0.3, 0.4) is 0 Å². The van der Waals surface area contributed by atoms with E-state index in [0.29, 0.717) is 36.6 Å². The van der Waals surface area contributed by atoms with Crippen molar-refractivity contribution in [2.24, 2.45) is 0 Å². The molecule has 8 heteroatoms. The molecule has 1 aromatic heterocycles. The van der Waals surface area contributed by atoms with Gasteiger partial charge in [0.2, 0.25) is 10.0 Å². The van der Waals surface area contributed by atoms with Crippen LogP contribution in [0, 0.1) is 0 Å². The highest BCUT2D eigenvalue weighted by Gasteiger charge is 2.31. The molecule has 156 valence electrons. The summed E-state index contributed by atoms with van der Waals surface area (Å²) in [6, 6.07) is 16.1. The van der Waals surface area contributed by atoms with Gasteiger partial charge in [-0.05, 0) is 30.4 Å². The molecular weight excluding hydrogens is 402 g/mol. The van der Waals surface area contributed by atoms with Gasteiger partial charge >= 0.3 is 0 Å². The van der Waals surface area contributed by atoms with E-state index in [4.69, 9.17) is 4.74 Å². The fraction of sp³-hybridized carbons (Fsp3) is 0.273. The zero-order chi connectivity index (χ0) is 21.1. The number of pyridine rings is 1. The van der Waals surface area contributed by atoms with Crippen molar-refractivity contribution in [1.29, 1.82) is 0 Å². The molecule has 7 nitrogen and oxygen atoms in total. The Hall–Kier alpha value is -2.97. The Balaban J connectivity index is 1.46. The molecule has 1 aliphatic heterocycles. The number of benzene rings is 2. The lowest BCUT2D eigenvalue weighted by atomic mass is 10.1. The standard InChI is InChI=1S/C22H23N3O4S/c1-23-22(26)20-15-18(9-12-24-20)29-17-10-13-25(14-11-17)30(27,28)21-8-4-6-16-5-2-3-7-19(16)21/h2-9,12,15,17H,10-11,13-14H2,1H3,(H,23,26). The van der Waals surface area contributed by atoms with Gasteiger partial charge in [-0.3, -0.25) is 9.78 Å². The predicted octanol–water partition coefficient (Wildman–Crippen LogP) is 2.83. The summed E-state index contributed by atoms with van der Waals surface area (Å²) in [5.74, 6) is 0.274. The van der Waals surface area contributed by atoms with E-state index in [-0.39, 0.29) is 17.7 Å². The number of carbonyl (C=O) groups excluding carboxylic acids is 1.